The minimum atomic E-state index is -0.163. The molecule has 0 N–H and O–H groups in total. The van der Waals surface area contributed by atoms with E-state index >= 15 is 0 Å². The highest BCUT2D eigenvalue weighted by Gasteiger charge is 2.05. The minimum Gasteiger partial charge on any atom is -0.469 e. The van der Waals surface area contributed by atoms with Crippen molar-refractivity contribution in [3.8, 4) is 0 Å². The molecule has 2 rings (SSSR count). The number of carbonyl (C=O) groups is 1. The second-order valence-electron chi connectivity index (χ2n) is 4.23. The Balaban J connectivity index is 2.04. The number of carbonyl (C=O) groups excluding carboxylic acids is 1. The predicted octanol–water partition coefficient (Wildman–Crippen LogP) is 2.98. The number of aryl methyl sites for hydroxylation is 1. The van der Waals surface area contributed by atoms with Gasteiger partial charge in [0, 0.05) is 17.6 Å². The first-order valence-electron chi connectivity index (χ1n) is 6.11. The predicted molar refractivity (Wildman–Crippen MR) is 76.2 cm³/mol. The average molecular weight is 276 g/mol. The number of hydrogen-bond donors (Lipinski definition) is 0. The van der Waals surface area contributed by atoms with Crippen LogP contribution < -0.4 is 0 Å². The number of benzene rings is 1. The number of aromatic nitrogens is 2. The smallest absolute Gasteiger partial charge is 0.305 e. The first-order chi connectivity index (χ1) is 9.20. The van der Waals surface area contributed by atoms with Crippen LogP contribution in [-0.4, -0.2) is 28.8 Å². The molecule has 0 saturated carbocycles. The molecular formula is C14H16N2O2S. The van der Waals surface area contributed by atoms with Gasteiger partial charge in [-0.3, -0.25) is 4.79 Å². The molecular weight excluding hydrogens is 260 g/mol. The lowest BCUT2D eigenvalue weighted by atomic mass is 10.2. The quantitative estimate of drug-likeness (QED) is 0.364. The van der Waals surface area contributed by atoms with Gasteiger partial charge in [0.15, 0.2) is 0 Å². The maximum atomic E-state index is 11.0. The largest absolute Gasteiger partial charge is 0.469 e. The summed E-state index contributed by atoms with van der Waals surface area (Å²) in [6.07, 6.45) is 2.82. The van der Waals surface area contributed by atoms with Crippen molar-refractivity contribution in [2.24, 2.45) is 0 Å². The van der Waals surface area contributed by atoms with E-state index in [1.165, 1.54) is 12.7 Å². The number of rotatable bonds is 5. The van der Waals surface area contributed by atoms with Gasteiger partial charge in [0.05, 0.1) is 12.6 Å². The highest BCUT2D eigenvalue weighted by atomic mass is 32.2. The van der Waals surface area contributed by atoms with Crippen molar-refractivity contribution >= 4 is 28.6 Å². The summed E-state index contributed by atoms with van der Waals surface area (Å²) in [7, 11) is 1.41. The van der Waals surface area contributed by atoms with Crippen molar-refractivity contribution < 1.29 is 9.53 Å². The number of ether oxygens (including phenoxy) is 1. The van der Waals surface area contributed by atoms with Crippen molar-refractivity contribution in [1.82, 2.24) is 9.97 Å². The van der Waals surface area contributed by atoms with Gasteiger partial charge in [0.2, 0.25) is 0 Å². The van der Waals surface area contributed by atoms with Gasteiger partial charge in [-0.25, -0.2) is 9.97 Å². The zero-order valence-electron chi connectivity index (χ0n) is 11.0. The van der Waals surface area contributed by atoms with E-state index in [9.17, 15) is 4.79 Å². The molecule has 0 saturated heterocycles. The average Bonchev–Trinajstić information content (AvgIpc) is 2.43. The molecule has 0 radical (unpaired) electrons. The summed E-state index contributed by atoms with van der Waals surface area (Å²) in [5, 5.41) is 2.05. The Morgan fingerprint density at radius 1 is 1.37 bits per heavy atom. The monoisotopic (exact) mass is 276 g/mol. The highest BCUT2D eigenvalue weighted by molar-refractivity contribution is 7.99. The summed E-state index contributed by atoms with van der Waals surface area (Å²) in [6.45, 7) is 2.05. The van der Waals surface area contributed by atoms with Crippen molar-refractivity contribution in [1.29, 1.82) is 0 Å². The molecule has 0 aliphatic rings. The summed E-state index contributed by atoms with van der Waals surface area (Å²) in [5.41, 5.74) is 2.15. The zero-order chi connectivity index (χ0) is 13.7. The number of esters is 1. The molecule has 0 aliphatic carbocycles. The third kappa shape index (κ3) is 3.67. The Kier molecular flexibility index (Phi) is 4.74. The van der Waals surface area contributed by atoms with Crippen LogP contribution in [0, 0.1) is 6.92 Å². The topological polar surface area (TPSA) is 52.1 Å². The van der Waals surface area contributed by atoms with Gasteiger partial charge in [0.1, 0.15) is 11.4 Å². The Bertz CT molecular complexity index is 587. The van der Waals surface area contributed by atoms with Gasteiger partial charge in [-0.15, -0.1) is 11.8 Å². The SMILES string of the molecule is COC(=O)CCCSc1ncnc2ccc(C)cc12. The molecule has 1 aromatic carbocycles. The highest BCUT2D eigenvalue weighted by Crippen LogP contribution is 2.25. The van der Waals surface area contributed by atoms with Crippen LogP contribution in [0.5, 0.6) is 0 Å². The van der Waals surface area contributed by atoms with Crippen LogP contribution in [0.1, 0.15) is 18.4 Å². The van der Waals surface area contributed by atoms with Crippen LogP contribution in [-0.2, 0) is 9.53 Å². The fraction of sp³-hybridized carbons (Fsp3) is 0.357. The second kappa shape index (κ2) is 6.52. The normalized spacial score (nSPS) is 10.6. The number of fused-ring (bicyclic) bond motifs is 1. The molecule has 0 aliphatic heterocycles. The molecule has 0 atom stereocenters. The first kappa shape index (κ1) is 13.8. The standard InChI is InChI=1S/C14H16N2O2S/c1-10-5-6-12-11(8-10)14(16-9-15-12)19-7-3-4-13(17)18-2/h5-6,8-9H,3-4,7H2,1-2H3. The lowest BCUT2D eigenvalue weighted by molar-refractivity contribution is -0.140. The molecule has 0 amide bonds. The van der Waals surface area contributed by atoms with Crippen molar-refractivity contribution in [3.05, 3.63) is 30.1 Å². The van der Waals surface area contributed by atoms with Gasteiger partial charge >= 0.3 is 5.97 Å². The molecule has 19 heavy (non-hydrogen) atoms. The lowest BCUT2D eigenvalue weighted by Gasteiger charge is -2.05. The number of hydrogen-bond acceptors (Lipinski definition) is 5. The lowest BCUT2D eigenvalue weighted by Crippen LogP contribution is -2.00. The number of methoxy groups -OCH3 is 1. The molecule has 0 fully saturated rings. The molecule has 1 heterocycles. The van der Waals surface area contributed by atoms with E-state index in [1.54, 1.807) is 18.1 Å². The molecule has 100 valence electrons. The van der Waals surface area contributed by atoms with Gasteiger partial charge in [-0.1, -0.05) is 11.6 Å². The minimum absolute atomic E-state index is 0.163. The van der Waals surface area contributed by atoms with E-state index in [0.717, 1.165) is 28.1 Å². The zero-order valence-corrected chi connectivity index (χ0v) is 11.9. The summed E-state index contributed by atoms with van der Waals surface area (Å²) >= 11 is 1.65. The molecule has 2 aromatic rings. The van der Waals surface area contributed by atoms with Gasteiger partial charge in [0.25, 0.3) is 0 Å². The first-order valence-corrected chi connectivity index (χ1v) is 7.10. The Hall–Kier alpha value is -1.62. The van der Waals surface area contributed by atoms with E-state index < -0.39 is 0 Å². The number of nitrogens with zero attached hydrogens (tertiary/aromatic N) is 2. The van der Waals surface area contributed by atoms with Crippen LogP contribution in [0.4, 0.5) is 0 Å². The molecule has 0 bridgehead atoms. The van der Waals surface area contributed by atoms with Crippen LogP contribution in [0.15, 0.2) is 29.6 Å². The van der Waals surface area contributed by atoms with Gasteiger partial charge in [-0.05, 0) is 25.5 Å². The van der Waals surface area contributed by atoms with E-state index in [1.807, 2.05) is 12.1 Å². The second-order valence-corrected chi connectivity index (χ2v) is 5.31. The third-order valence-electron chi connectivity index (χ3n) is 2.75. The molecule has 4 nitrogen and oxygen atoms in total. The van der Waals surface area contributed by atoms with E-state index in [2.05, 4.69) is 27.7 Å². The van der Waals surface area contributed by atoms with Crippen LogP contribution in [0.2, 0.25) is 0 Å². The third-order valence-corrected chi connectivity index (χ3v) is 3.84. The molecule has 0 spiro atoms. The fourth-order valence-electron chi connectivity index (χ4n) is 1.75. The Morgan fingerprint density at radius 2 is 2.21 bits per heavy atom. The molecule has 5 heteroatoms. The molecule has 1 aromatic heterocycles. The maximum absolute atomic E-state index is 11.0. The van der Waals surface area contributed by atoms with Gasteiger partial charge in [-0.2, -0.15) is 0 Å². The van der Waals surface area contributed by atoms with Crippen molar-refractivity contribution in [3.63, 3.8) is 0 Å². The van der Waals surface area contributed by atoms with Crippen LogP contribution >= 0.6 is 11.8 Å². The summed E-state index contributed by atoms with van der Waals surface area (Å²) in [6, 6.07) is 6.14. The van der Waals surface area contributed by atoms with Crippen LogP contribution in [0.25, 0.3) is 10.9 Å². The number of thioether (sulfide) groups is 1. The summed E-state index contributed by atoms with van der Waals surface area (Å²) < 4.78 is 4.61. The van der Waals surface area contributed by atoms with E-state index in [-0.39, 0.29) is 5.97 Å². The summed E-state index contributed by atoms with van der Waals surface area (Å²) in [5.74, 6) is 0.679. The van der Waals surface area contributed by atoms with Crippen LogP contribution in [0.3, 0.4) is 0 Å². The molecule has 0 unspecified atom stereocenters. The van der Waals surface area contributed by atoms with Crippen molar-refractivity contribution in [2.75, 3.05) is 12.9 Å². The fourth-order valence-corrected chi connectivity index (χ4v) is 2.67. The Morgan fingerprint density at radius 3 is 3.00 bits per heavy atom. The van der Waals surface area contributed by atoms with E-state index in [0.29, 0.717) is 6.42 Å². The summed E-state index contributed by atoms with van der Waals surface area (Å²) in [4.78, 5) is 19.6. The maximum Gasteiger partial charge on any atom is 0.305 e. The van der Waals surface area contributed by atoms with E-state index in [4.69, 9.17) is 0 Å². The van der Waals surface area contributed by atoms with Gasteiger partial charge < -0.3 is 4.74 Å². The van der Waals surface area contributed by atoms with Crippen molar-refractivity contribution in [2.45, 2.75) is 24.8 Å². The Labute approximate surface area is 116 Å².